The molecule has 0 aliphatic rings. The lowest BCUT2D eigenvalue weighted by molar-refractivity contribution is -0.138. The van der Waals surface area contributed by atoms with Gasteiger partial charge in [-0.25, -0.2) is 0 Å². The van der Waals surface area contributed by atoms with Gasteiger partial charge in [0.25, 0.3) is 0 Å². The third-order valence-electron chi connectivity index (χ3n) is 2.19. The summed E-state index contributed by atoms with van der Waals surface area (Å²) in [4.78, 5) is 33.5. The van der Waals surface area contributed by atoms with Crippen molar-refractivity contribution in [3.05, 3.63) is 0 Å². The Balaban J connectivity index is 4.47. The summed E-state index contributed by atoms with van der Waals surface area (Å²) in [5.41, 5.74) is 5.32. The Morgan fingerprint density at radius 2 is 1.95 bits per heavy atom. The standard InChI is InChI=1S/C10H19N3O5S/c1-19-3-2-7(10(18)12-4-8(15)16)13-9(17)6(11)5-14/h6-7,14H,2-5,11H2,1H3,(H,12,18)(H,13,17)(H,15,16). The zero-order valence-corrected chi connectivity index (χ0v) is 11.4. The summed E-state index contributed by atoms with van der Waals surface area (Å²) < 4.78 is 0. The average Bonchev–Trinajstić information content (AvgIpc) is 2.39. The summed E-state index contributed by atoms with van der Waals surface area (Å²) in [7, 11) is 0. The number of amides is 2. The van der Waals surface area contributed by atoms with Crippen LogP contribution >= 0.6 is 11.8 Å². The quantitative estimate of drug-likeness (QED) is 0.323. The molecular weight excluding hydrogens is 274 g/mol. The van der Waals surface area contributed by atoms with Crippen LogP contribution in [0.15, 0.2) is 0 Å². The number of aliphatic hydroxyl groups is 1. The SMILES string of the molecule is CSCCC(NC(=O)C(N)CO)C(=O)NCC(=O)O. The zero-order chi connectivity index (χ0) is 14.8. The smallest absolute Gasteiger partial charge is 0.322 e. The van der Waals surface area contributed by atoms with Crippen molar-refractivity contribution in [1.82, 2.24) is 10.6 Å². The van der Waals surface area contributed by atoms with Gasteiger partial charge in [-0.2, -0.15) is 11.8 Å². The van der Waals surface area contributed by atoms with Crippen molar-refractivity contribution in [2.75, 3.05) is 25.2 Å². The number of rotatable bonds is 9. The molecule has 0 aromatic rings. The number of thioether (sulfide) groups is 1. The minimum atomic E-state index is -1.17. The normalized spacial score (nSPS) is 13.4. The summed E-state index contributed by atoms with van der Waals surface area (Å²) in [5.74, 6) is -1.80. The van der Waals surface area contributed by atoms with Crippen molar-refractivity contribution in [3.63, 3.8) is 0 Å². The van der Waals surface area contributed by atoms with Crippen LogP contribution in [0.3, 0.4) is 0 Å². The maximum Gasteiger partial charge on any atom is 0.322 e. The molecule has 0 radical (unpaired) electrons. The predicted octanol–water partition coefficient (Wildman–Crippen LogP) is -2.26. The number of nitrogens with one attached hydrogen (secondary N) is 2. The Hall–Kier alpha value is -1.32. The van der Waals surface area contributed by atoms with E-state index in [0.717, 1.165) is 0 Å². The van der Waals surface area contributed by atoms with Crippen LogP contribution in [0.25, 0.3) is 0 Å². The maximum absolute atomic E-state index is 11.7. The molecule has 2 atom stereocenters. The fourth-order valence-electron chi connectivity index (χ4n) is 1.15. The first-order valence-corrected chi connectivity index (χ1v) is 6.97. The molecule has 0 bridgehead atoms. The number of aliphatic carboxylic acids is 1. The molecule has 0 saturated heterocycles. The summed E-state index contributed by atoms with van der Waals surface area (Å²) in [5, 5.41) is 21.8. The van der Waals surface area contributed by atoms with E-state index in [0.29, 0.717) is 12.2 Å². The van der Waals surface area contributed by atoms with Gasteiger partial charge in [0.05, 0.1) is 6.61 Å². The highest BCUT2D eigenvalue weighted by Gasteiger charge is 2.23. The van der Waals surface area contributed by atoms with E-state index in [2.05, 4.69) is 10.6 Å². The Morgan fingerprint density at radius 1 is 1.32 bits per heavy atom. The van der Waals surface area contributed by atoms with Gasteiger partial charge in [-0.05, 0) is 18.4 Å². The Kier molecular flexibility index (Phi) is 8.92. The highest BCUT2D eigenvalue weighted by atomic mass is 32.2. The molecule has 0 aliphatic carbocycles. The third kappa shape index (κ3) is 7.65. The van der Waals surface area contributed by atoms with E-state index in [1.165, 1.54) is 11.8 Å². The second kappa shape index (κ2) is 9.59. The fraction of sp³-hybridized carbons (Fsp3) is 0.700. The number of carbonyl (C=O) groups excluding carboxylic acids is 2. The van der Waals surface area contributed by atoms with Crippen molar-refractivity contribution in [3.8, 4) is 0 Å². The summed E-state index contributed by atoms with van der Waals surface area (Å²) in [6.45, 7) is -1.05. The highest BCUT2D eigenvalue weighted by molar-refractivity contribution is 7.98. The second-order valence-corrected chi connectivity index (χ2v) is 4.73. The van der Waals surface area contributed by atoms with Crippen LogP contribution in [-0.2, 0) is 14.4 Å². The molecule has 0 spiro atoms. The van der Waals surface area contributed by atoms with Gasteiger partial charge < -0.3 is 26.6 Å². The molecule has 19 heavy (non-hydrogen) atoms. The van der Waals surface area contributed by atoms with E-state index in [1.54, 1.807) is 0 Å². The van der Waals surface area contributed by atoms with E-state index >= 15 is 0 Å². The third-order valence-corrected chi connectivity index (χ3v) is 2.83. The van der Waals surface area contributed by atoms with Crippen LogP contribution in [0, 0.1) is 0 Å². The van der Waals surface area contributed by atoms with E-state index in [4.69, 9.17) is 15.9 Å². The van der Waals surface area contributed by atoms with Gasteiger partial charge in [0.2, 0.25) is 11.8 Å². The lowest BCUT2D eigenvalue weighted by atomic mass is 10.2. The topological polar surface area (TPSA) is 142 Å². The minimum Gasteiger partial charge on any atom is -0.480 e. The number of carboxylic acid groups (broad SMARTS) is 1. The molecule has 6 N–H and O–H groups in total. The lowest BCUT2D eigenvalue weighted by Gasteiger charge is -2.19. The summed E-state index contributed by atoms with van der Waals surface area (Å²) in [6, 6.07) is -1.97. The number of hydrogen-bond acceptors (Lipinski definition) is 6. The van der Waals surface area contributed by atoms with E-state index in [9.17, 15) is 14.4 Å². The lowest BCUT2D eigenvalue weighted by Crippen LogP contribution is -2.53. The number of carbonyl (C=O) groups is 3. The number of carboxylic acids is 1. The molecular formula is C10H19N3O5S. The van der Waals surface area contributed by atoms with E-state index < -0.39 is 43.0 Å². The largest absolute Gasteiger partial charge is 0.480 e. The van der Waals surface area contributed by atoms with E-state index in [1.807, 2.05) is 6.26 Å². The molecule has 2 unspecified atom stereocenters. The Morgan fingerprint density at radius 3 is 2.42 bits per heavy atom. The van der Waals surface area contributed by atoms with Gasteiger partial charge >= 0.3 is 5.97 Å². The first-order chi connectivity index (χ1) is 8.92. The van der Waals surface area contributed by atoms with Crippen molar-refractivity contribution in [2.45, 2.75) is 18.5 Å². The Labute approximate surface area is 115 Å². The zero-order valence-electron chi connectivity index (χ0n) is 10.6. The van der Waals surface area contributed by atoms with Crippen molar-refractivity contribution >= 4 is 29.5 Å². The molecule has 0 aliphatic heterocycles. The Bertz CT molecular complexity index is 326. The monoisotopic (exact) mass is 293 g/mol. The minimum absolute atomic E-state index is 0.344. The van der Waals surface area contributed by atoms with Crippen molar-refractivity contribution in [1.29, 1.82) is 0 Å². The maximum atomic E-state index is 11.7. The van der Waals surface area contributed by atoms with Gasteiger partial charge in [-0.3, -0.25) is 14.4 Å². The van der Waals surface area contributed by atoms with Crippen LogP contribution in [0.2, 0.25) is 0 Å². The molecule has 0 aromatic carbocycles. The molecule has 0 saturated carbocycles. The summed E-state index contributed by atoms with van der Waals surface area (Å²) >= 11 is 1.48. The number of aliphatic hydroxyl groups excluding tert-OH is 1. The molecule has 2 amide bonds. The first kappa shape index (κ1) is 17.7. The fourth-order valence-corrected chi connectivity index (χ4v) is 1.62. The van der Waals surface area contributed by atoms with Crippen molar-refractivity contribution < 1.29 is 24.6 Å². The van der Waals surface area contributed by atoms with Gasteiger partial charge in [-0.1, -0.05) is 0 Å². The van der Waals surface area contributed by atoms with Crippen LogP contribution in [0.4, 0.5) is 0 Å². The molecule has 8 nitrogen and oxygen atoms in total. The second-order valence-electron chi connectivity index (χ2n) is 3.74. The predicted molar refractivity (Wildman–Crippen MR) is 70.6 cm³/mol. The highest BCUT2D eigenvalue weighted by Crippen LogP contribution is 2.01. The van der Waals surface area contributed by atoms with Crippen LogP contribution < -0.4 is 16.4 Å². The first-order valence-electron chi connectivity index (χ1n) is 5.57. The van der Waals surface area contributed by atoms with Gasteiger partial charge in [0.15, 0.2) is 0 Å². The molecule has 0 heterocycles. The van der Waals surface area contributed by atoms with Crippen LogP contribution in [-0.4, -0.2) is 65.2 Å². The molecule has 110 valence electrons. The summed E-state index contributed by atoms with van der Waals surface area (Å²) in [6.07, 6.45) is 2.18. The molecule has 0 rings (SSSR count). The van der Waals surface area contributed by atoms with Gasteiger partial charge in [0.1, 0.15) is 18.6 Å². The van der Waals surface area contributed by atoms with Gasteiger partial charge in [0, 0.05) is 0 Å². The molecule has 0 fully saturated rings. The van der Waals surface area contributed by atoms with Crippen molar-refractivity contribution in [2.24, 2.45) is 5.73 Å². The molecule has 0 aromatic heterocycles. The average molecular weight is 293 g/mol. The van der Waals surface area contributed by atoms with Crippen LogP contribution in [0.1, 0.15) is 6.42 Å². The van der Waals surface area contributed by atoms with Gasteiger partial charge in [-0.15, -0.1) is 0 Å². The van der Waals surface area contributed by atoms with Crippen LogP contribution in [0.5, 0.6) is 0 Å². The van der Waals surface area contributed by atoms with E-state index in [-0.39, 0.29) is 0 Å². The number of hydrogen-bond donors (Lipinski definition) is 5. The molecule has 9 heteroatoms. The number of nitrogens with two attached hydrogens (primary N) is 1.